The molecule has 1 atom stereocenters. The van der Waals surface area contributed by atoms with Crippen LogP contribution in [-0.2, 0) is 26.2 Å². The fraction of sp³-hybridized carbons (Fsp3) is 0.235. The van der Waals surface area contributed by atoms with E-state index in [-0.39, 0.29) is 35.5 Å². The second-order valence-electron chi connectivity index (χ2n) is 10.6. The molecule has 2 amide bonds. The highest BCUT2D eigenvalue weighted by atomic mass is 35.5. The van der Waals surface area contributed by atoms with E-state index >= 15 is 0 Å². The van der Waals surface area contributed by atoms with Crippen LogP contribution in [0, 0.1) is 0 Å². The number of rotatable bonds is 13. The topological polar surface area (TPSA) is 96.0 Å². The van der Waals surface area contributed by atoms with Gasteiger partial charge < -0.3 is 15.0 Å². The Morgan fingerprint density at radius 2 is 1.44 bits per heavy atom. The van der Waals surface area contributed by atoms with Gasteiger partial charge in [0.05, 0.1) is 10.6 Å². The predicted octanol–water partition coefficient (Wildman–Crippen LogP) is 7.31. The minimum absolute atomic E-state index is 0.0132. The monoisotopic (exact) mass is 667 g/mol. The number of amides is 2. The van der Waals surface area contributed by atoms with Gasteiger partial charge in [0.1, 0.15) is 24.1 Å². The summed E-state index contributed by atoms with van der Waals surface area (Å²) in [4.78, 5) is 28.9. The van der Waals surface area contributed by atoms with E-state index < -0.39 is 28.5 Å². The highest BCUT2D eigenvalue weighted by Crippen LogP contribution is 2.29. The van der Waals surface area contributed by atoms with Crippen LogP contribution in [0.4, 0.5) is 5.69 Å². The number of nitrogens with zero attached hydrogens (tertiary/aromatic N) is 2. The number of ether oxygens (including phenoxy) is 1. The zero-order chi connectivity index (χ0) is 32.6. The first-order valence-electron chi connectivity index (χ1n) is 14.4. The standard InChI is InChI=1S/C34H35Cl2N3O5S/c1-4-32(34(41)37-24(2)3)38(22-25-15-16-26(35)21-31(25)36)33(40)23-39(45(42,43)30-13-9-6-10-14-30)27-17-19-29(20-18-27)44-28-11-7-5-8-12-28/h5-21,24,32H,4,22-23H2,1-3H3,(H,37,41). The van der Waals surface area contributed by atoms with E-state index in [1.165, 1.54) is 17.0 Å². The molecule has 0 radical (unpaired) electrons. The zero-order valence-corrected chi connectivity index (χ0v) is 27.5. The molecule has 0 aliphatic carbocycles. The summed E-state index contributed by atoms with van der Waals surface area (Å²) in [6.45, 7) is 4.82. The molecule has 0 aliphatic heterocycles. The normalized spacial score (nSPS) is 12.0. The quantitative estimate of drug-likeness (QED) is 0.161. The summed E-state index contributed by atoms with van der Waals surface area (Å²) in [5.74, 6) is 0.168. The van der Waals surface area contributed by atoms with E-state index in [4.69, 9.17) is 27.9 Å². The van der Waals surface area contributed by atoms with Crippen molar-refractivity contribution in [3.63, 3.8) is 0 Å². The molecular formula is C34H35Cl2N3O5S. The molecule has 4 aromatic carbocycles. The van der Waals surface area contributed by atoms with Crippen LogP contribution in [0.5, 0.6) is 11.5 Å². The summed E-state index contributed by atoms with van der Waals surface area (Å²) in [5.41, 5.74) is 0.807. The molecule has 0 spiro atoms. The summed E-state index contributed by atoms with van der Waals surface area (Å²) in [5, 5.41) is 3.62. The molecule has 4 aromatic rings. The number of carbonyl (C=O) groups is 2. The Balaban J connectivity index is 1.73. The van der Waals surface area contributed by atoms with E-state index in [9.17, 15) is 18.0 Å². The third-order valence-electron chi connectivity index (χ3n) is 6.89. The number of halogens is 2. The molecule has 0 fully saturated rings. The van der Waals surface area contributed by atoms with E-state index in [0.29, 0.717) is 27.1 Å². The number of sulfonamides is 1. The van der Waals surface area contributed by atoms with Crippen molar-refractivity contribution in [2.24, 2.45) is 0 Å². The van der Waals surface area contributed by atoms with Gasteiger partial charge >= 0.3 is 0 Å². The van der Waals surface area contributed by atoms with Crippen molar-refractivity contribution in [2.45, 2.75) is 50.7 Å². The van der Waals surface area contributed by atoms with Crippen LogP contribution in [-0.4, -0.2) is 43.8 Å². The fourth-order valence-corrected chi connectivity index (χ4v) is 6.59. The fourth-order valence-electron chi connectivity index (χ4n) is 4.69. The molecule has 45 heavy (non-hydrogen) atoms. The summed E-state index contributed by atoms with van der Waals surface area (Å²) < 4.78 is 35.0. The lowest BCUT2D eigenvalue weighted by atomic mass is 10.1. The first kappa shape index (κ1) is 33.8. The van der Waals surface area contributed by atoms with Crippen LogP contribution < -0.4 is 14.4 Å². The van der Waals surface area contributed by atoms with Gasteiger partial charge in [-0.3, -0.25) is 13.9 Å². The first-order valence-corrected chi connectivity index (χ1v) is 16.6. The molecule has 236 valence electrons. The minimum Gasteiger partial charge on any atom is -0.457 e. The van der Waals surface area contributed by atoms with Crippen molar-refractivity contribution >= 4 is 50.7 Å². The number of benzene rings is 4. The van der Waals surface area contributed by atoms with Crippen LogP contribution in [0.25, 0.3) is 0 Å². The smallest absolute Gasteiger partial charge is 0.264 e. The maximum atomic E-state index is 14.2. The molecule has 11 heteroatoms. The number of para-hydroxylation sites is 1. The van der Waals surface area contributed by atoms with E-state index in [2.05, 4.69) is 5.32 Å². The lowest BCUT2D eigenvalue weighted by Crippen LogP contribution is -2.53. The molecule has 1 unspecified atom stereocenters. The number of hydrogen-bond donors (Lipinski definition) is 1. The van der Waals surface area contributed by atoms with Crippen molar-refractivity contribution in [1.82, 2.24) is 10.2 Å². The van der Waals surface area contributed by atoms with Gasteiger partial charge in [0.25, 0.3) is 10.0 Å². The van der Waals surface area contributed by atoms with Crippen molar-refractivity contribution < 1.29 is 22.7 Å². The SMILES string of the molecule is CCC(C(=O)NC(C)C)N(Cc1ccc(Cl)cc1Cl)C(=O)CN(c1ccc(Oc2ccccc2)cc1)S(=O)(=O)c1ccccc1. The van der Waals surface area contributed by atoms with Crippen molar-refractivity contribution in [2.75, 3.05) is 10.8 Å². The molecule has 0 aliphatic rings. The van der Waals surface area contributed by atoms with Gasteiger partial charge in [-0.15, -0.1) is 0 Å². The largest absolute Gasteiger partial charge is 0.457 e. The van der Waals surface area contributed by atoms with Gasteiger partial charge in [-0.1, -0.05) is 72.6 Å². The lowest BCUT2D eigenvalue weighted by molar-refractivity contribution is -0.140. The summed E-state index contributed by atoms with van der Waals surface area (Å²) in [6.07, 6.45) is 0.284. The average molecular weight is 669 g/mol. The Labute approximate surface area is 274 Å². The van der Waals surface area contributed by atoms with E-state index in [0.717, 1.165) is 4.31 Å². The Morgan fingerprint density at radius 1 is 0.844 bits per heavy atom. The van der Waals surface area contributed by atoms with Crippen LogP contribution in [0.3, 0.4) is 0 Å². The number of hydrogen-bond acceptors (Lipinski definition) is 5. The molecule has 0 saturated carbocycles. The molecule has 0 bridgehead atoms. The lowest BCUT2D eigenvalue weighted by Gasteiger charge is -2.33. The Morgan fingerprint density at radius 3 is 2.02 bits per heavy atom. The minimum atomic E-state index is -4.21. The average Bonchev–Trinajstić information content (AvgIpc) is 3.01. The Hall–Kier alpha value is -4.05. The van der Waals surface area contributed by atoms with Gasteiger partial charge in [0.15, 0.2) is 0 Å². The summed E-state index contributed by atoms with van der Waals surface area (Å²) in [7, 11) is -4.21. The van der Waals surface area contributed by atoms with Crippen LogP contribution in [0.15, 0.2) is 108 Å². The molecule has 0 heterocycles. The predicted molar refractivity (Wildman–Crippen MR) is 178 cm³/mol. The second-order valence-corrected chi connectivity index (χ2v) is 13.3. The molecule has 1 N–H and O–H groups in total. The van der Waals surface area contributed by atoms with Gasteiger partial charge in [-0.05, 0) is 86.5 Å². The van der Waals surface area contributed by atoms with Gasteiger partial charge in [-0.25, -0.2) is 8.42 Å². The van der Waals surface area contributed by atoms with Gasteiger partial charge in [0.2, 0.25) is 11.8 Å². The number of anilines is 1. The Bertz CT molecular complexity index is 1700. The number of nitrogens with one attached hydrogen (secondary N) is 1. The van der Waals surface area contributed by atoms with Crippen LogP contribution in [0.1, 0.15) is 32.8 Å². The highest BCUT2D eigenvalue weighted by molar-refractivity contribution is 7.92. The molecule has 0 aromatic heterocycles. The van der Waals surface area contributed by atoms with Crippen LogP contribution >= 0.6 is 23.2 Å². The maximum absolute atomic E-state index is 14.2. The summed E-state index contributed by atoms with van der Waals surface area (Å²) in [6, 6.07) is 27.3. The molecule has 8 nitrogen and oxygen atoms in total. The summed E-state index contributed by atoms with van der Waals surface area (Å²) >= 11 is 12.6. The van der Waals surface area contributed by atoms with Crippen molar-refractivity contribution in [1.29, 1.82) is 0 Å². The number of carbonyl (C=O) groups excluding carboxylic acids is 2. The van der Waals surface area contributed by atoms with Gasteiger partial charge in [-0.2, -0.15) is 0 Å². The maximum Gasteiger partial charge on any atom is 0.264 e. The van der Waals surface area contributed by atoms with E-state index in [1.54, 1.807) is 79.7 Å². The second kappa shape index (κ2) is 15.3. The molecular weight excluding hydrogens is 633 g/mol. The van der Waals surface area contributed by atoms with Crippen LogP contribution in [0.2, 0.25) is 10.0 Å². The van der Waals surface area contributed by atoms with Crippen molar-refractivity contribution in [3.8, 4) is 11.5 Å². The highest BCUT2D eigenvalue weighted by Gasteiger charge is 2.34. The third-order valence-corrected chi connectivity index (χ3v) is 9.26. The molecule has 4 rings (SSSR count). The van der Waals surface area contributed by atoms with E-state index in [1.807, 2.05) is 32.0 Å². The first-order chi connectivity index (χ1) is 21.5. The zero-order valence-electron chi connectivity index (χ0n) is 25.2. The van der Waals surface area contributed by atoms with Crippen molar-refractivity contribution in [3.05, 3.63) is 119 Å². The molecule has 0 saturated heterocycles. The van der Waals surface area contributed by atoms with Gasteiger partial charge in [0, 0.05) is 22.6 Å². The Kier molecular flexibility index (Phi) is 11.5. The third kappa shape index (κ3) is 8.78.